The highest BCUT2D eigenvalue weighted by Gasteiger charge is 2.28. The summed E-state index contributed by atoms with van der Waals surface area (Å²) in [7, 11) is 0. The van der Waals surface area contributed by atoms with Crippen molar-refractivity contribution in [3.05, 3.63) is 69.8 Å². The van der Waals surface area contributed by atoms with Crippen LogP contribution in [0.3, 0.4) is 0 Å². The molecule has 2 N–H and O–H groups in total. The van der Waals surface area contributed by atoms with Gasteiger partial charge in [0.05, 0.1) is 16.3 Å². The molecule has 0 fully saturated rings. The Hall–Kier alpha value is -3.81. The number of nitro groups is 1. The normalized spacial score (nSPS) is 14.6. The number of fused-ring (bicyclic) bond motifs is 1. The zero-order chi connectivity index (χ0) is 18.0. The Balaban J connectivity index is 2.01. The van der Waals surface area contributed by atoms with Crippen LogP contribution >= 0.6 is 0 Å². The number of hydrogen-bond acceptors (Lipinski definition) is 5. The maximum absolute atomic E-state index is 12.1. The van der Waals surface area contributed by atoms with Crippen molar-refractivity contribution in [3.63, 3.8) is 0 Å². The minimum Gasteiger partial charge on any atom is -0.478 e. The Morgan fingerprint density at radius 3 is 2.76 bits per heavy atom. The lowest BCUT2D eigenvalue weighted by atomic mass is 10.1. The van der Waals surface area contributed by atoms with Crippen molar-refractivity contribution < 1.29 is 19.6 Å². The van der Waals surface area contributed by atoms with Crippen molar-refractivity contribution in [1.82, 2.24) is 0 Å². The molecule has 1 amide bonds. The summed E-state index contributed by atoms with van der Waals surface area (Å²) in [6.45, 7) is 0. The number of carbonyl (C=O) groups is 2. The second-order valence-corrected chi connectivity index (χ2v) is 5.17. The van der Waals surface area contributed by atoms with E-state index in [0.29, 0.717) is 22.5 Å². The zero-order valence-corrected chi connectivity index (χ0v) is 12.7. The molecular formula is C17H11N3O5. The highest BCUT2D eigenvalue weighted by molar-refractivity contribution is 6.54. The first-order valence-electron chi connectivity index (χ1n) is 7.14. The molecule has 0 radical (unpaired) electrons. The number of aliphatic carboxylic acids is 1. The Bertz CT molecular complexity index is 963. The van der Waals surface area contributed by atoms with E-state index < -0.39 is 16.8 Å². The van der Waals surface area contributed by atoms with Crippen molar-refractivity contribution >= 4 is 40.7 Å². The van der Waals surface area contributed by atoms with Crippen molar-refractivity contribution in [2.75, 3.05) is 5.32 Å². The molecule has 0 unspecified atom stereocenters. The maximum atomic E-state index is 12.1. The number of aliphatic imine (C=N–C) groups is 1. The molecule has 0 saturated carbocycles. The number of hydrogen-bond donors (Lipinski definition) is 2. The summed E-state index contributed by atoms with van der Waals surface area (Å²) in [5.41, 5.74) is 1.76. The molecule has 124 valence electrons. The molecule has 1 aliphatic heterocycles. The molecule has 8 heteroatoms. The number of amides is 1. The topological polar surface area (TPSA) is 122 Å². The lowest BCUT2D eigenvalue weighted by molar-refractivity contribution is -0.384. The van der Waals surface area contributed by atoms with E-state index in [-0.39, 0.29) is 11.4 Å². The van der Waals surface area contributed by atoms with Gasteiger partial charge in [0.1, 0.15) is 5.71 Å². The molecule has 0 spiro atoms. The predicted molar refractivity (Wildman–Crippen MR) is 91.0 cm³/mol. The fourth-order valence-corrected chi connectivity index (χ4v) is 2.36. The average Bonchev–Trinajstić information content (AvgIpc) is 2.88. The van der Waals surface area contributed by atoms with E-state index in [1.165, 1.54) is 24.3 Å². The predicted octanol–water partition coefficient (Wildman–Crippen LogP) is 2.77. The van der Waals surface area contributed by atoms with E-state index in [0.717, 1.165) is 6.08 Å². The number of nitrogens with zero attached hydrogens (tertiary/aromatic N) is 2. The Morgan fingerprint density at radius 2 is 2.04 bits per heavy atom. The van der Waals surface area contributed by atoms with Crippen LogP contribution in [0.1, 0.15) is 11.1 Å². The smallest absolute Gasteiger partial charge is 0.328 e. The van der Waals surface area contributed by atoms with Gasteiger partial charge >= 0.3 is 5.97 Å². The van der Waals surface area contributed by atoms with Crippen LogP contribution in [-0.2, 0) is 9.59 Å². The van der Waals surface area contributed by atoms with Gasteiger partial charge in [-0.25, -0.2) is 9.79 Å². The Morgan fingerprint density at radius 1 is 1.24 bits per heavy atom. The third kappa shape index (κ3) is 3.42. The van der Waals surface area contributed by atoms with E-state index in [1.807, 2.05) is 0 Å². The number of carbonyl (C=O) groups excluding carboxylic acids is 1. The van der Waals surface area contributed by atoms with Crippen molar-refractivity contribution in [2.24, 2.45) is 4.99 Å². The highest BCUT2D eigenvalue weighted by Crippen LogP contribution is 2.29. The third-order valence-corrected chi connectivity index (χ3v) is 3.46. The van der Waals surface area contributed by atoms with E-state index in [9.17, 15) is 19.7 Å². The molecule has 25 heavy (non-hydrogen) atoms. The van der Waals surface area contributed by atoms with Gasteiger partial charge in [-0.05, 0) is 29.8 Å². The molecule has 8 nitrogen and oxygen atoms in total. The summed E-state index contributed by atoms with van der Waals surface area (Å²) in [5, 5.41) is 22.2. The SMILES string of the molecule is O=C(O)C=Cc1cccc(N=C2C(=O)Nc3ccc([N+](=O)[O-])cc32)c1. The number of carboxylic acid groups (broad SMARTS) is 1. The molecule has 0 aliphatic carbocycles. The lowest BCUT2D eigenvalue weighted by Crippen LogP contribution is -2.13. The summed E-state index contributed by atoms with van der Waals surface area (Å²) in [4.78, 5) is 37.3. The minimum atomic E-state index is -1.08. The van der Waals surface area contributed by atoms with E-state index >= 15 is 0 Å². The van der Waals surface area contributed by atoms with E-state index in [2.05, 4.69) is 10.3 Å². The lowest BCUT2D eigenvalue weighted by Gasteiger charge is -2.00. The van der Waals surface area contributed by atoms with Crippen LogP contribution < -0.4 is 5.32 Å². The second-order valence-electron chi connectivity index (χ2n) is 5.17. The van der Waals surface area contributed by atoms with Crippen LogP contribution in [-0.4, -0.2) is 27.6 Å². The highest BCUT2D eigenvalue weighted by atomic mass is 16.6. The molecule has 0 atom stereocenters. The number of nitro benzene ring substituents is 1. The number of benzene rings is 2. The van der Waals surface area contributed by atoms with Crippen LogP contribution in [0.5, 0.6) is 0 Å². The molecular weight excluding hydrogens is 326 g/mol. The number of nitrogens with one attached hydrogen (secondary N) is 1. The molecule has 1 aliphatic rings. The quantitative estimate of drug-likeness (QED) is 0.504. The monoisotopic (exact) mass is 337 g/mol. The number of non-ortho nitro benzene ring substituents is 1. The zero-order valence-electron chi connectivity index (χ0n) is 12.7. The van der Waals surface area contributed by atoms with Crippen LogP contribution in [0, 0.1) is 10.1 Å². The molecule has 0 aromatic heterocycles. The molecule has 2 aromatic carbocycles. The van der Waals surface area contributed by atoms with Crippen LogP contribution in [0.25, 0.3) is 6.08 Å². The summed E-state index contributed by atoms with van der Waals surface area (Å²) in [5.74, 6) is -1.53. The minimum absolute atomic E-state index is 0.0677. The first-order valence-corrected chi connectivity index (χ1v) is 7.14. The summed E-state index contributed by atoms with van der Waals surface area (Å²) >= 11 is 0. The van der Waals surface area contributed by atoms with Gasteiger partial charge in [-0.3, -0.25) is 14.9 Å². The fourth-order valence-electron chi connectivity index (χ4n) is 2.36. The molecule has 3 rings (SSSR count). The van der Waals surface area contributed by atoms with Crippen LogP contribution in [0.15, 0.2) is 53.5 Å². The maximum Gasteiger partial charge on any atom is 0.328 e. The van der Waals surface area contributed by atoms with Gasteiger partial charge in [0, 0.05) is 23.8 Å². The number of rotatable bonds is 4. The van der Waals surface area contributed by atoms with Crippen LogP contribution in [0.2, 0.25) is 0 Å². The van der Waals surface area contributed by atoms with Gasteiger partial charge in [0.25, 0.3) is 11.6 Å². The van der Waals surface area contributed by atoms with Gasteiger partial charge in [-0.2, -0.15) is 0 Å². The van der Waals surface area contributed by atoms with Crippen molar-refractivity contribution in [3.8, 4) is 0 Å². The van der Waals surface area contributed by atoms with Gasteiger partial charge in [-0.15, -0.1) is 0 Å². The average molecular weight is 337 g/mol. The van der Waals surface area contributed by atoms with Gasteiger partial charge in [-0.1, -0.05) is 12.1 Å². The first kappa shape index (κ1) is 16.1. The molecule has 0 saturated heterocycles. The fraction of sp³-hybridized carbons (Fsp3) is 0. The molecule has 0 bridgehead atoms. The van der Waals surface area contributed by atoms with Crippen molar-refractivity contribution in [1.29, 1.82) is 0 Å². The molecule has 1 heterocycles. The van der Waals surface area contributed by atoms with E-state index in [4.69, 9.17) is 5.11 Å². The largest absolute Gasteiger partial charge is 0.478 e. The van der Waals surface area contributed by atoms with Crippen molar-refractivity contribution in [2.45, 2.75) is 0 Å². The number of carboxylic acids is 1. The van der Waals surface area contributed by atoms with Gasteiger partial charge in [0.2, 0.25) is 0 Å². The second kappa shape index (κ2) is 6.36. The standard InChI is InChI=1S/C17H11N3O5/c21-15(22)7-4-10-2-1-3-11(8-10)18-16-13-9-12(20(24)25)5-6-14(13)19-17(16)23/h1-9H,(H,21,22)(H,18,19,23). The first-order chi connectivity index (χ1) is 11.9. The third-order valence-electron chi connectivity index (χ3n) is 3.46. The Kier molecular flexibility index (Phi) is 4.09. The van der Waals surface area contributed by atoms with Crippen LogP contribution in [0.4, 0.5) is 17.1 Å². The van der Waals surface area contributed by atoms with Gasteiger partial charge in [0.15, 0.2) is 0 Å². The summed E-state index contributed by atoms with van der Waals surface area (Å²) in [6.07, 6.45) is 2.40. The summed E-state index contributed by atoms with van der Waals surface area (Å²) in [6, 6.07) is 10.7. The Labute approximate surface area is 141 Å². The summed E-state index contributed by atoms with van der Waals surface area (Å²) < 4.78 is 0. The number of anilines is 1. The molecule has 2 aromatic rings. The van der Waals surface area contributed by atoms with Gasteiger partial charge < -0.3 is 10.4 Å². The van der Waals surface area contributed by atoms with E-state index in [1.54, 1.807) is 24.3 Å².